The Morgan fingerprint density at radius 3 is 2.60 bits per heavy atom. The van der Waals surface area contributed by atoms with Gasteiger partial charge in [-0.1, -0.05) is 28.1 Å². The van der Waals surface area contributed by atoms with E-state index in [1.165, 1.54) is 0 Å². The molecule has 20 heavy (non-hydrogen) atoms. The van der Waals surface area contributed by atoms with E-state index in [2.05, 4.69) is 33.1 Å². The molecule has 0 spiro atoms. The first-order valence-corrected chi connectivity index (χ1v) is 7.83. The molecule has 1 aromatic rings. The van der Waals surface area contributed by atoms with Gasteiger partial charge in [-0.05, 0) is 24.1 Å². The maximum Gasteiger partial charge on any atom is 0.238 e. The standard InChI is InChI=1S/C15H15BrN2O2/c16-10-3-1-9(2-4-10)15-14-11(5-6-12(14)19)18-13(20)7-8-17(15)18/h1-4,11,14-15H,5-8H2/t11-,14-,15-/m1/s1. The number of hydrazine groups is 1. The van der Waals surface area contributed by atoms with E-state index in [0.29, 0.717) is 18.6 Å². The molecule has 2 aliphatic heterocycles. The molecule has 4 nitrogen and oxygen atoms in total. The molecule has 104 valence electrons. The summed E-state index contributed by atoms with van der Waals surface area (Å²) < 4.78 is 1.03. The van der Waals surface area contributed by atoms with Crippen LogP contribution in [-0.2, 0) is 9.59 Å². The van der Waals surface area contributed by atoms with Crippen LogP contribution in [0, 0.1) is 5.92 Å². The highest BCUT2D eigenvalue weighted by molar-refractivity contribution is 9.10. The predicted octanol–water partition coefficient (Wildman–Crippen LogP) is 2.30. The summed E-state index contributed by atoms with van der Waals surface area (Å²) in [6.07, 6.45) is 2.00. The summed E-state index contributed by atoms with van der Waals surface area (Å²) in [6.45, 7) is 0.736. The smallest absolute Gasteiger partial charge is 0.238 e. The van der Waals surface area contributed by atoms with Gasteiger partial charge < -0.3 is 0 Å². The van der Waals surface area contributed by atoms with Crippen molar-refractivity contribution in [2.24, 2.45) is 5.92 Å². The largest absolute Gasteiger partial charge is 0.299 e. The van der Waals surface area contributed by atoms with Gasteiger partial charge in [0.15, 0.2) is 0 Å². The number of halogens is 1. The molecule has 0 unspecified atom stereocenters. The van der Waals surface area contributed by atoms with E-state index in [1.54, 1.807) is 0 Å². The minimum Gasteiger partial charge on any atom is -0.299 e. The van der Waals surface area contributed by atoms with Crippen LogP contribution in [-0.4, -0.2) is 34.3 Å². The molecule has 1 saturated carbocycles. The highest BCUT2D eigenvalue weighted by Gasteiger charge is 2.57. The Morgan fingerprint density at radius 1 is 1.10 bits per heavy atom. The summed E-state index contributed by atoms with van der Waals surface area (Å²) in [7, 11) is 0. The molecule has 2 heterocycles. The van der Waals surface area contributed by atoms with E-state index < -0.39 is 0 Å². The zero-order valence-electron chi connectivity index (χ0n) is 11.0. The zero-order chi connectivity index (χ0) is 13.9. The third-order valence-corrected chi connectivity index (χ3v) is 5.28. The summed E-state index contributed by atoms with van der Waals surface area (Å²) in [5, 5.41) is 4.00. The molecule has 0 aromatic heterocycles. The van der Waals surface area contributed by atoms with Gasteiger partial charge in [0.1, 0.15) is 5.78 Å². The van der Waals surface area contributed by atoms with E-state index in [-0.39, 0.29) is 23.9 Å². The number of amides is 1. The molecule has 1 aliphatic carbocycles. The number of hydrogen-bond acceptors (Lipinski definition) is 3. The fourth-order valence-electron chi connectivity index (χ4n) is 3.96. The quantitative estimate of drug-likeness (QED) is 0.791. The highest BCUT2D eigenvalue weighted by atomic mass is 79.9. The fraction of sp³-hybridized carbons (Fsp3) is 0.467. The van der Waals surface area contributed by atoms with Crippen molar-refractivity contribution in [2.45, 2.75) is 31.3 Å². The number of carbonyl (C=O) groups is 2. The van der Waals surface area contributed by atoms with Crippen LogP contribution in [0.2, 0.25) is 0 Å². The second kappa shape index (κ2) is 4.40. The first-order valence-electron chi connectivity index (χ1n) is 7.03. The van der Waals surface area contributed by atoms with Gasteiger partial charge in [-0.2, -0.15) is 0 Å². The average molecular weight is 335 g/mol. The van der Waals surface area contributed by atoms with Crippen LogP contribution in [0.25, 0.3) is 0 Å². The van der Waals surface area contributed by atoms with Gasteiger partial charge in [0.2, 0.25) is 5.91 Å². The average Bonchev–Trinajstić information content (AvgIpc) is 3.06. The summed E-state index contributed by atoms with van der Waals surface area (Å²) in [4.78, 5) is 24.4. The second-order valence-corrected chi connectivity index (χ2v) is 6.66. The maximum atomic E-state index is 12.3. The van der Waals surface area contributed by atoms with Crippen LogP contribution in [0.1, 0.15) is 30.9 Å². The molecular formula is C15H15BrN2O2. The number of ketones is 1. The van der Waals surface area contributed by atoms with Gasteiger partial charge in [-0.15, -0.1) is 0 Å². The lowest BCUT2D eigenvalue weighted by Gasteiger charge is -2.27. The predicted molar refractivity (Wildman–Crippen MR) is 76.6 cm³/mol. The first-order chi connectivity index (χ1) is 9.66. The normalized spacial score (nSPS) is 32.9. The number of nitrogens with zero attached hydrogens (tertiary/aromatic N) is 2. The van der Waals surface area contributed by atoms with Gasteiger partial charge in [0.05, 0.1) is 18.0 Å². The van der Waals surface area contributed by atoms with Gasteiger partial charge >= 0.3 is 0 Å². The van der Waals surface area contributed by atoms with Crippen LogP contribution in [0.4, 0.5) is 0 Å². The van der Waals surface area contributed by atoms with Crippen LogP contribution < -0.4 is 0 Å². The Hall–Kier alpha value is -1.20. The lowest BCUT2D eigenvalue weighted by atomic mass is 9.89. The number of carbonyl (C=O) groups excluding carboxylic acids is 2. The van der Waals surface area contributed by atoms with Crippen molar-refractivity contribution in [1.82, 2.24) is 10.0 Å². The molecule has 4 rings (SSSR count). The molecule has 1 aromatic carbocycles. The van der Waals surface area contributed by atoms with Crippen molar-refractivity contribution >= 4 is 27.6 Å². The van der Waals surface area contributed by atoms with Crippen LogP contribution in [0.15, 0.2) is 28.7 Å². The van der Waals surface area contributed by atoms with Crippen molar-refractivity contribution in [3.63, 3.8) is 0 Å². The van der Waals surface area contributed by atoms with Crippen molar-refractivity contribution < 1.29 is 9.59 Å². The maximum absolute atomic E-state index is 12.3. The Bertz CT molecular complexity index is 586. The van der Waals surface area contributed by atoms with Crippen molar-refractivity contribution in [2.75, 3.05) is 6.54 Å². The second-order valence-electron chi connectivity index (χ2n) is 5.75. The first kappa shape index (κ1) is 12.5. The minimum absolute atomic E-state index is 0.0366. The Morgan fingerprint density at radius 2 is 1.85 bits per heavy atom. The zero-order valence-corrected chi connectivity index (χ0v) is 12.5. The van der Waals surface area contributed by atoms with E-state index >= 15 is 0 Å². The highest BCUT2D eigenvalue weighted by Crippen LogP contribution is 2.49. The summed E-state index contributed by atoms with van der Waals surface area (Å²) in [5.74, 6) is 0.444. The third kappa shape index (κ3) is 1.63. The van der Waals surface area contributed by atoms with Gasteiger partial charge in [-0.3, -0.25) is 14.6 Å². The van der Waals surface area contributed by atoms with Gasteiger partial charge in [-0.25, -0.2) is 5.01 Å². The number of benzene rings is 1. The molecule has 3 atom stereocenters. The molecule has 0 N–H and O–H groups in total. The molecule has 0 bridgehead atoms. The summed E-state index contributed by atoms with van der Waals surface area (Å²) in [5.41, 5.74) is 1.13. The van der Waals surface area contributed by atoms with Crippen molar-refractivity contribution in [3.05, 3.63) is 34.3 Å². The summed E-state index contributed by atoms with van der Waals surface area (Å²) >= 11 is 3.44. The molecular weight excluding hydrogens is 320 g/mol. The molecule has 5 heteroatoms. The molecule has 3 aliphatic rings. The topological polar surface area (TPSA) is 40.6 Å². The molecule has 0 radical (unpaired) electrons. The number of fused-ring (bicyclic) bond motifs is 3. The minimum atomic E-state index is -0.0413. The Labute approximate surface area is 125 Å². The Kier molecular flexibility index (Phi) is 2.76. The third-order valence-electron chi connectivity index (χ3n) is 4.75. The van der Waals surface area contributed by atoms with E-state index in [9.17, 15) is 9.59 Å². The summed E-state index contributed by atoms with van der Waals surface area (Å²) in [6, 6.07) is 8.25. The van der Waals surface area contributed by atoms with Gasteiger partial charge in [0.25, 0.3) is 0 Å². The molecule has 3 fully saturated rings. The van der Waals surface area contributed by atoms with E-state index in [4.69, 9.17) is 0 Å². The Balaban J connectivity index is 1.78. The van der Waals surface area contributed by atoms with E-state index in [1.807, 2.05) is 17.1 Å². The fourth-order valence-corrected chi connectivity index (χ4v) is 4.23. The lowest BCUT2D eigenvalue weighted by molar-refractivity contribution is -0.138. The molecule has 1 amide bonds. The van der Waals surface area contributed by atoms with Crippen LogP contribution >= 0.6 is 15.9 Å². The van der Waals surface area contributed by atoms with Crippen LogP contribution in [0.3, 0.4) is 0 Å². The van der Waals surface area contributed by atoms with Crippen LogP contribution in [0.5, 0.6) is 0 Å². The van der Waals surface area contributed by atoms with Crippen molar-refractivity contribution in [1.29, 1.82) is 0 Å². The van der Waals surface area contributed by atoms with Gasteiger partial charge in [0, 0.05) is 23.9 Å². The lowest BCUT2D eigenvalue weighted by Crippen LogP contribution is -2.38. The number of hydrogen-bond donors (Lipinski definition) is 0. The SMILES string of the molecule is O=C1CC[C@@H]2[C@H]1[C@@H](c1ccc(Br)cc1)N1CCC(=O)N21. The van der Waals surface area contributed by atoms with Crippen molar-refractivity contribution in [3.8, 4) is 0 Å². The number of Topliss-reactive ketones (excluding diaryl/α,β-unsaturated/α-hetero) is 1. The van der Waals surface area contributed by atoms with E-state index in [0.717, 1.165) is 23.0 Å². The monoisotopic (exact) mass is 334 g/mol. The number of rotatable bonds is 1. The molecule has 2 saturated heterocycles.